The van der Waals surface area contributed by atoms with Crippen molar-refractivity contribution >= 4 is 35.0 Å². The highest BCUT2D eigenvalue weighted by atomic mass is 35.5. The Hall–Kier alpha value is -0.120. The standard InChI is InChI=1S/C6H5Cl2NOS/c1-11-6-4(8)2-3(7)5(10)9-6/h2H,1H3,(H,9,10). The van der Waals surface area contributed by atoms with E-state index in [1.54, 1.807) is 0 Å². The molecule has 0 radical (unpaired) electrons. The number of aromatic nitrogens is 1. The molecule has 5 heteroatoms. The molecule has 0 unspecified atom stereocenters. The van der Waals surface area contributed by atoms with Gasteiger partial charge in [-0.3, -0.25) is 4.79 Å². The summed E-state index contributed by atoms with van der Waals surface area (Å²) in [7, 11) is 0. The van der Waals surface area contributed by atoms with Gasteiger partial charge < -0.3 is 4.98 Å². The van der Waals surface area contributed by atoms with Gasteiger partial charge in [0, 0.05) is 0 Å². The van der Waals surface area contributed by atoms with Crippen molar-refractivity contribution in [1.82, 2.24) is 4.98 Å². The average molecular weight is 210 g/mol. The summed E-state index contributed by atoms with van der Waals surface area (Å²) in [6.45, 7) is 0. The Morgan fingerprint density at radius 1 is 1.45 bits per heavy atom. The van der Waals surface area contributed by atoms with E-state index in [1.165, 1.54) is 17.8 Å². The third-order valence-electron chi connectivity index (χ3n) is 1.12. The number of nitrogens with one attached hydrogen (secondary N) is 1. The van der Waals surface area contributed by atoms with Crippen LogP contribution in [0.2, 0.25) is 10.0 Å². The van der Waals surface area contributed by atoms with E-state index in [1.807, 2.05) is 6.26 Å². The SMILES string of the molecule is CSc1[nH]c(=O)c(Cl)cc1Cl. The van der Waals surface area contributed by atoms with Crippen LogP contribution in [-0.2, 0) is 0 Å². The molecule has 0 aromatic carbocycles. The lowest BCUT2D eigenvalue weighted by molar-refractivity contribution is 1.08. The highest BCUT2D eigenvalue weighted by molar-refractivity contribution is 7.98. The molecule has 1 aromatic rings. The van der Waals surface area contributed by atoms with Crippen molar-refractivity contribution in [3.8, 4) is 0 Å². The van der Waals surface area contributed by atoms with Gasteiger partial charge in [-0.05, 0) is 12.3 Å². The lowest BCUT2D eigenvalue weighted by Crippen LogP contribution is -2.06. The molecule has 1 aromatic heterocycles. The summed E-state index contributed by atoms with van der Waals surface area (Å²) in [5.41, 5.74) is -0.305. The van der Waals surface area contributed by atoms with E-state index >= 15 is 0 Å². The van der Waals surface area contributed by atoms with Gasteiger partial charge in [0.05, 0.1) is 10.0 Å². The average Bonchev–Trinajstić information content (AvgIpc) is 1.97. The van der Waals surface area contributed by atoms with Crippen molar-refractivity contribution in [2.75, 3.05) is 6.26 Å². The lowest BCUT2D eigenvalue weighted by atomic mass is 10.5. The maximum Gasteiger partial charge on any atom is 0.267 e. The van der Waals surface area contributed by atoms with Gasteiger partial charge in [-0.1, -0.05) is 23.2 Å². The Bertz CT molecular complexity index is 323. The van der Waals surface area contributed by atoms with Crippen molar-refractivity contribution in [2.24, 2.45) is 0 Å². The second kappa shape index (κ2) is 3.52. The second-order valence-corrected chi connectivity index (χ2v) is 3.46. The van der Waals surface area contributed by atoms with Crippen LogP contribution in [0.15, 0.2) is 15.9 Å². The van der Waals surface area contributed by atoms with Crippen LogP contribution in [0.25, 0.3) is 0 Å². The first-order valence-corrected chi connectivity index (χ1v) is 4.75. The molecule has 1 N–H and O–H groups in total. The third kappa shape index (κ3) is 1.92. The first kappa shape index (κ1) is 8.97. The lowest BCUT2D eigenvalue weighted by Gasteiger charge is -1.98. The highest BCUT2D eigenvalue weighted by Gasteiger charge is 2.02. The molecular weight excluding hydrogens is 205 g/mol. The van der Waals surface area contributed by atoms with E-state index in [0.717, 1.165) is 0 Å². The molecule has 2 nitrogen and oxygen atoms in total. The summed E-state index contributed by atoms with van der Waals surface area (Å²) in [6.07, 6.45) is 1.82. The minimum Gasteiger partial charge on any atom is -0.315 e. The molecule has 0 saturated carbocycles. The van der Waals surface area contributed by atoms with Crippen LogP contribution in [0.1, 0.15) is 0 Å². The summed E-state index contributed by atoms with van der Waals surface area (Å²) < 4.78 is 0. The van der Waals surface area contributed by atoms with Crippen LogP contribution in [0, 0.1) is 0 Å². The summed E-state index contributed by atoms with van der Waals surface area (Å²) in [5.74, 6) is 0. The smallest absolute Gasteiger partial charge is 0.267 e. The fourth-order valence-corrected chi connectivity index (χ4v) is 1.66. The quantitative estimate of drug-likeness (QED) is 0.722. The van der Waals surface area contributed by atoms with E-state index < -0.39 is 0 Å². The van der Waals surface area contributed by atoms with Gasteiger partial charge in [-0.2, -0.15) is 0 Å². The number of halogens is 2. The fraction of sp³-hybridized carbons (Fsp3) is 0.167. The Balaban J connectivity index is 3.32. The van der Waals surface area contributed by atoms with Gasteiger partial charge >= 0.3 is 0 Å². The minimum absolute atomic E-state index is 0.118. The molecule has 1 rings (SSSR count). The Morgan fingerprint density at radius 3 is 2.64 bits per heavy atom. The van der Waals surface area contributed by atoms with E-state index in [-0.39, 0.29) is 10.6 Å². The number of thioether (sulfide) groups is 1. The molecule has 0 fully saturated rings. The maximum absolute atomic E-state index is 10.9. The Kier molecular flexibility index (Phi) is 2.87. The van der Waals surface area contributed by atoms with Crippen LogP contribution in [0.4, 0.5) is 0 Å². The third-order valence-corrected chi connectivity index (χ3v) is 2.54. The minimum atomic E-state index is -0.305. The molecule has 0 bridgehead atoms. The molecule has 1 heterocycles. The number of pyridine rings is 1. The van der Waals surface area contributed by atoms with Crippen molar-refractivity contribution in [3.63, 3.8) is 0 Å². The molecule has 0 aliphatic carbocycles. The molecule has 0 aliphatic rings. The van der Waals surface area contributed by atoms with Gasteiger partial charge in [0.15, 0.2) is 0 Å². The van der Waals surface area contributed by atoms with Crippen molar-refractivity contribution in [1.29, 1.82) is 0 Å². The van der Waals surface area contributed by atoms with Gasteiger partial charge in [0.2, 0.25) is 0 Å². The molecule has 11 heavy (non-hydrogen) atoms. The first-order valence-electron chi connectivity index (χ1n) is 2.77. The summed E-state index contributed by atoms with van der Waals surface area (Å²) in [5, 5.41) is 1.23. The molecule has 0 amide bonds. The van der Waals surface area contributed by atoms with Crippen LogP contribution < -0.4 is 5.56 Å². The topological polar surface area (TPSA) is 32.9 Å². The van der Waals surface area contributed by atoms with Gasteiger partial charge in [0.1, 0.15) is 5.02 Å². The van der Waals surface area contributed by atoms with E-state index in [9.17, 15) is 4.79 Å². The maximum atomic E-state index is 10.9. The van der Waals surface area contributed by atoms with Crippen molar-refractivity contribution in [3.05, 3.63) is 26.5 Å². The van der Waals surface area contributed by atoms with Crippen molar-refractivity contribution in [2.45, 2.75) is 5.03 Å². The Morgan fingerprint density at radius 2 is 2.09 bits per heavy atom. The van der Waals surface area contributed by atoms with Crippen molar-refractivity contribution < 1.29 is 0 Å². The number of hydrogen-bond donors (Lipinski definition) is 1. The van der Waals surface area contributed by atoms with Crippen LogP contribution >= 0.6 is 35.0 Å². The summed E-state index contributed by atoms with van der Waals surface area (Å²) >= 11 is 12.6. The fourth-order valence-electron chi connectivity index (χ4n) is 0.613. The van der Waals surface area contributed by atoms with E-state index in [4.69, 9.17) is 23.2 Å². The number of aromatic amines is 1. The normalized spacial score (nSPS) is 10.1. The number of H-pyrrole nitrogens is 1. The Labute approximate surface area is 77.9 Å². The van der Waals surface area contributed by atoms with Crippen LogP contribution in [0.3, 0.4) is 0 Å². The van der Waals surface area contributed by atoms with Gasteiger partial charge in [-0.25, -0.2) is 0 Å². The largest absolute Gasteiger partial charge is 0.315 e. The first-order chi connectivity index (χ1) is 5.15. The monoisotopic (exact) mass is 209 g/mol. The zero-order valence-corrected chi connectivity index (χ0v) is 7.98. The zero-order chi connectivity index (χ0) is 8.43. The molecular formula is C6H5Cl2NOS. The zero-order valence-electron chi connectivity index (χ0n) is 5.65. The molecule has 0 spiro atoms. The summed E-state index contributed by atoms with van der Waals surface area (Å²) in [6, 6.07) is 1.44. The predicted octanol–water partition coefficient (Wildman–Crippen LogP) is 2.40. The highest BCUT2D eigenvalue weighted by Crippen LogP contribution is 2.22. The van der Waals surface area contributed by atoms with Gasteiger partial charge in [0.25, 0.3) is 5.56 Å². The summed E-state index contributed by atoms with van der Waals surface area (Å²) in [4.78, 5) is 13.4. The number of hydrogen-bond acceptors (Lipinski definition) is 2. The molecule has 0 aliphatic heterocycles. The van der Waals surface area contributed by atoms with Crippen LogP contribution in [0.5, 0.6) is 0 Å². The second-order valence-electron chi connectivity index (χ2n) is 1.83. The molecule has 60 valence electrons. The van der Waals surface area contributed by atoms with Gasteiger partial charge in [-0.15, -0.1) is 11.8 Å². The van der Waals surface area contributed by atoms with E-state index in [2.05, 4.69) is 4.98 Å². The van der Waals surface area contributed by atoms with Crippen LogP contribution in [-0.4, -0.2) is 11.2 Å². The molecule has 0 atom stereocenters. The predicted molar refractivity (Wildman–Crippen MR) is 48.9 cm³/mol. The molecule has 0 saturated heterocycles. The number of rotatable bonds is 1. The van der Waals surface area contributed by atoms with E-state index in [0.29, 0.717) is 10.0 Å².